The standard InChI is InChI=1S/C15H18N2O2/c1-11(15-8-5-9-19-15)16-10-13-6-3-4-7-14(13)17-12(2)18/h3-9,11,16H,10H2,1-2H3,(H,17,18). The fraction of sp³-hybridized carbons (Fsp3) is 0.267. The Labute approximate surface area is 112 Å². The second kappa shape index (κ2) is 6.20. The van der Waals surface area contributed by atoms with Crippen LogP contribution < -0.4 is 10.6 Å². The Morgan fingerprint density at radius 3 is 2.74 bits per heavy atom. The van der Waals surface area contributed by atoms with Crippen LogP contribution in [0.5, 0.6) is 0 Å². The summed E-state index contributed by atoms with van der Waals surface area (Å²) < 4.78 is 5.35. The Morgan fingerprint density at radius 1 is 1.26 bits per heavy atom. The van der Waals surface area contributed by atoms with E-state index in [4.69, 9.17) is 4.42 Å². The van der Waals surface area contributed by atoms with E-state index in [0.29, 0.717) is 6.54 Å². The van der Waals surface area contributed by atoms with Gasteiger partial charge >= 0.3 is 0 Å². The van der Waals surface area contributed by atoms with Gasteiger partial charge in [0, 0.05) is 19.2 Å². The second-order valence-corrected chi connectivity index (χ2v) is 4.46. The SMILES string of the molecule is CC(=O)Nc1ccccc1CNC(C)c1ccco1. The van der Waals surface area contributed by atoms with Gasteiger partial charge in [-0.05, 0) is 30.7 Å². The van der Waals surface area contributed by atoms with E-state index in [1.807, 2.05) is 43.3 Å². The van der Waals surface area contributed by atoms with Crippen molar-refractivity contribution in [2.45, 2.75) is 26.4 Å². The minimum atomic E-state index is -0.0634. The molecule has 0 aliphatic carbocycles. The molecule has 1 amide bonds. The molecule has 1 heterocycles. The van der Waals surface area contributed by atoms with E-state index in [2.05, 4.69) is 10.6 Å². The molecule has 4 heteroatoms. The molecule has 1 aromatic heterocycles. The molecule has 100 valence electrons. The number of hydrogen-bond acceptors (Lipinski definition) is 3. The lowest BCUT2D eigenvalue weighted by molar-refractivity contribution is -0.114. The number of hydrogen-bond donors (Lipinski definition) is 2. The number of rotatable bonds is 5. The van der Waals surface area contributed by atoms with Crippen molar-refractivity contribution < 1.29 is 9.21 Å². The van der Waals surface area contributed by atoms with E-state index in [9.17, 15) is 4.79 Å². The fourth-order valence-corrected chi connectivity index (χ4v) is 1.89. The third-order valence-electron chi connectivity index (χ3n) is 2.90. The smallest absolute Gasteiger partial charge is 0.221 e. The number of benzene rings is 1. The van der Waals surface area contributed by atoms with Gasteiger partial charge < -0.3 is 15.1 Å². The lowest BCUT2D eigenvalue weighted by atomic mass is 10.1. The van der Waals surface area contributed by atoms with E-state index >= 15 is 0 Å². The molecule has 19 heavy (non-hydrogen) atoms. The van der Waals surface area contributed by atoms with Crippen LogP contribution in [-0.4, -0.2) is 5.91 Å². The summed E-state index contributed by atoms with van der Waals surface area (Å²) in [5, 5.41) is 6.20. The number of para-hydroxylation sites is 1. The second-order valence-electron chi connectivity index (χ2n) is 4.46. The molecular formula is C15H18N2O2. The highest BCUT2D eigenvalue weighted by atomic mass is 16.3. The first-order chi connectivity index (χ1) is 9.16. The highest BCUT2D eigenvalue weighted by Crippen LogP contribution is 2.17. The minimum Gasteiger partial charge on any atom is -0.468 e. The molecule has 2 rings (SSSR count). The van der Waals surface area contributed by atoms with Crippen LogP contribution in [0.3, 0.4) is 0 Å². The first kappa shape index (κ1) is 13.4. The van der Waals surface area contributed by atoms with Gasteiger partial charge in [-0.25, -0.2) is 0 Å². The van der Waals surface area contributed by atoms with Gasteiger partial charge in [0.2, 0.25) is 5.91 Å². The Morgan fingerprint density at radius 2 is 2.05 bits per heavy atom. The van der Waals surface area contributed by atoms with Crippen molar-refractivity contribution >= 4 is 11.6 Å². The van der Waals surface area contributed by atoms with E-state index < -0.39 is 0 Å². The van der Waals surface area contributed by atoms with Crippen molar-refractivity contribution in [3.63, 3.8) is 0 Å². The summed E-state index contributed by atoms with van der Waals surface area (Å²) in [6.45, 7) is 4.22. The molecular weight excluding hydrogens is 240 g/mol. The van der Waals surface area contributed by atoms with Gasteiger partial charge in [-0.1, -0.05) is 18.2 Å². The zero-order chi connectivity index (χ0) is 13.7. The summed E-state index contributed by atoms with van der Waals surface area (Å²) in [5.41, 5.74) is 1.89. The highest BCUT2D eigenvalue weighted by Gasteiger charge is 2.09. The average Bonchev–Trinajstić information content (AvgIpc) is 2.90. The van der Waals surface area contributed by atoms with Gasteiger partial charge in [0.15, 0.2) is 0 Å². The molecule has 4 nitrogen and oxygen atoms in total. The van der Waals surface area contributed by atoms with E-state index in [0.717, 1.165) is 17.0 Å². The van der Waals surface area contributed by atoms with E-state index in [-0.39, 0.29) is 11.9 Å². The maximum absolute atomic E-state index is 11.1. The summed E-state index contributed by atoms with van der Waals surface area (Å²) >= 11 is 0. The Hall–Kier alpha value is -2.07. The number of carbonyl (C=O) groups excluding carboxylic acids is 1. The number of furan rings is 1. The maximum atomic E-state index is 11.1. The topological polar surface area (TPSA) is 54.3 Å². The normalized spacial score (nSPS) is 12.1. The molecule has 2 N–H and O–H groups in total. The number of amides is 1. The van der Waals surface area contributed by atoms with Crippen molar-refractivity contribution in [1.82, 2.24) is 5.32 Å². The maximum Gasteiger partial charge on any atom is 0.221 e. The lowest BCUT2D eigenvalue weighted by Crippen LogP contribution is -2.19. The quantitative estimate of drug-likeness (QED) is 0.866. The van der Waals surface area contributed by atoms with Crippen LogP contribution in [0.1, 0.15) is 31.2 Å². The minimum absolute atomic E-state index is 0.0634. The summed E-state index contributed by atoms with van der Waals surface area (Å²) in [6, 6.07) is 11.7. The summed E-state index contributed by atoms with van der Waals surface area (Å²) in [5.74, 6) is 0.837. The summed E-state index contributed by atoms with van der Waals surface area (Å²) in [6.07, 6.45) is 1.67. The highest BCUT2D eigenvalue weighted by molar-refractivity contribution is 5.89. The lowest BCUT2D eigenvalue weighted by Gasteiger charge is -2.14. The third-order valence-corrected chi connectivity index (χ3v) is 2.90. The predicted octanol–water partition coefficient (Wildman–Crippen LogP) is 3.09. The first-order valence-corrected chi connectivity index (χ1v) is 6.29. The molecule has 1 unspecified atom stereocenters. The van der Waals surface area contributed by atoms with Crippen molar-refractivity contribution in [3.8, 4) is 0 Å². The molecule has 0 aliphatic heterocycles. The average molecular weight is 258 g/mol. The summed E-state index contributed by atoms with van der Waals surface area (Å²) in [4.78, 5) is 11.1. The van der Waals surface area contributed by atoms with Crippen LogP contribution in [0.4, 0.5) is 5.69 Å². The Kier molecular flexibility index (Phi) is 4.36. The van der Waals surface area contributed by atoms with Gasteiger partial charge in [-0.3, -0.25) is 4.79 Å². The molecule has 0 saturated heterocycles. The fourth-order valence-electron chi connectivity index (χ4n) is 1.89. The van der Waals surface area contributed by atoms with Crippen LogP contribution >= 0.6 is 0 Å². The molecule has 0 saturated carbocycles. The first-order valence-electron chi connectivity index (χ1n) is 6.29. The molecule has 0 fully saturated rings. The third kappa shape index (κ3) is 3.69. The van der Waals surface area contributed by atoms with Crippen LogP contribution in [-0.2, 0) is 11.3 Å². The molecule has 0 spiro atoms. The van der Waals surface area contributed by atoms with Crippen molar-refractivity contribution in [2.24, 2.45) is 0 Å². The van der Waals surface area contributed by atoms with Crippen molar-refractivity contribution in [3.05, 3.63) is 54.0 Å². The molecule has 0 bridgehead atoms. The Balaban J connectivity index is 2.01. The van der Waals surface area contributed by atoms with Crippen LogP contribution in [0.25, 0.3) is 0 Å². The van der Waals surface area contributed by atoms with Gasteiger partial charge in [0.05, 0.1) is 12.3 Å². The zero-order valence-corrected chi connectivity index (χ0v) is 11.1. The van der Waals surface area contributed by atoms with E-state index in [1.165, 1.54) is 6.92 Å². The van der Waals surface area contributed by atoms with Crippen LogP contribution in [0.15, 0.2) is 47.1 Å². The number of anilines is 1. The van der Waals surface area contributed by atoms with E-state index in [1.54, 1.807) is 6.26 Å². The van der Waals surface area contributed by atoms with Crippen LogP contribution in [0.2, 0.25) is 0 Å². The summed E-state index contributed by atoms with van der Waals surface area (Å²) in [7, 11) is 0. The zero-order valence-electron chi connectivity index (χ0n) is 11.1. The van der Waals surface area contributed by atoms with Crippen molar-refractivity contribution in [1.29, 1.82) is 0 Å². The molecule has 2 aromatic rings. The molecule has 1 aromatic carbocycles. The van der Waals surface area contributed by atoms with Gasteiger partial charge in [0.1, 0.15) is 5.76 Å². The monoisotopic (exact) mass is 258 g/mol. The molecule has 0 radical (unpaired) electrons. The number of nitrogens with one attached hydrogen (secondary N) is 2. The van der Waals surface area contributed by atoms with Gasteiger partial charge in [-0.2, -0.15) is 0 Å². The van der Waals surface area contributed by atoms with Gasteiger partial charge in [-0.15, -0.1) is 0 Å². The van der Waals surface area contributed by atoms with Gasteiger partial charge in [0.25, 0.3) is 0 Å². The predicted molar refractivity (Wildman–Crippen MR) is 74.7 cm³/mol. The number of carbonyl (C=O) groups is 1. The van der Waals surface area contributed by atoms with Crippen molar-refractivity contribution in [2.75, 3.05) is 5.32 Å². The molecule has 1 atom stereocenters. The molecule has 0 aliphatic rings. The Bertz CT molecular complexity index is 535. The van der Waals surface area contributed by atoms with Crippen LogP contribution in [0, 0.1) is 0 Å². The largest absolute Gasteiger partial charge is 0.468 e.